The van der Waals surface area contributed by atoms with Gasteiger partial charge in [0.25, 0.3) is 0 Å². The summed E-state index contributed by atoms with van der Waals surface area (Å²) in [5, 5.41) is 9.95. The molecule has 0 aromatic heterocycles. The van der Waals surface area contributed by atoms with E-state index in [0.717, 1.165) is 5.56 Å². The van der Waals surface area contributed by atoms with E-state index in [1.54, 1.807) is 20.3 Å². The Morgan fingerprint density at radius 1 is 1.07 bits per heavy atom. The molecule has 30 heavy (non-hydrogen) atoms. The third-order valence-corrected chi connectivity index (χ3v) is 3.81. The summed E-state index contributed by atoms with van der Waals surface area (Å²) in [7, 11) is 3.13. The number of benzene rings is 1. The zero-order chi connectivity index (χ0) is 21.9. The van der Waals surface area contributed by atoms with Crippen molar-refractivity contribution in [1.82, 2.24) is 0 Å². The van der Waals surface area contributed by atoms with E-state index < -0.39 is 5.60 Å². The molecule has 0 heterocycles. The number of nitriles is 1. The summed E-state index contributed by atoms with van der Waals surface area (Å²) in [5.74, 6) is 11.8. The number of rotatable bonds is 12. The lowest BCUT2D eigenvalue weighted by Gasteiger charge is -2.25. The summed E-state index contributed by atoms with van der Waals surface area (Å²) in [6, 6.07) is 11.7. The largest absolute Gasteiger partial charge is 0.379 e. The topological polar surface area (TPSA) is 69.9 Å². The molecule has 0 aliphatic heterocycles. The minimum atomic E-state index is -1.19. The minimum absolute atomic E-state index is 0.150. The zero-order valence-electron chi connectivity index (χ0n) is 17.9. The van der Waals surface area contributed by atoms with Crippen LogP contribution in [0.3, 0.4) is 0 Å². The lowest BCUT2D eigenvalue weighted by Crippen LogP contribution is -2.29. The molecule has 0 radical (unpaired) electrons. The van der Waals surface area contributed by atoms with Crippen LogP contribution in [0, 0.1) is 35.0 Å². The van der Waals surface area contributed by atoms with Crippen molar-refractivity contribution in [1.29, 1.82) is 5.26 Å². The van der Waals surface area contributed by atoms with E-state index in [4.69, 9.17) is 23.7 Å². The van der Waals surface area contributed by atoms with E-state index in [0.29, 0.717) is 32.0 Å². The van der Waals surface area contributed by atoms with E-state index in [9.17, 15) is 5.26 Å². The van der Waals surface area contributed by atoms with Gasteiger partial charge in [-0.3, -0.25) is 0 Å². The predicted molar refractivity (Wildman–Crippen MR) is 114 cm³/mol. The number of ether oxygens (including phenoxy) is 5. The average molecular weight is 411 g/mol. The maximum absolute atomic E-state index is 9.95. The van der Waals surface area contributed by atoms with Gasteiger partial charge in [-0.1, -0.05) is 54.0 Å². The monoisotopic (exact) mass is 411 g/mol. The molecule has 1 unspecified atom stereocenters. The molecular formula is C24H29NO5. The number of nitrogens with zero attached hydrogens (tertiary/aromatic N) is 1. The highest BCUT2D eigenvalue weighted by Gasteiger charge is 2.32. The maximum Gasteiger partial charge on any atom is 0.190 e. The fourth-order valence-electron chi connectivity index (χ4n) is 2.38. The van der Waals surface area contributed by atoms with Gasteiger partial charge in [-0.05, 0) is 12.5 Å². The van der Waals surface area contributed by atoms with Gasteiger partial charge < -0.3 is 23.7 Å². The van der Waals surface area contributed by atoms with Crippen LogP contribution in [-0.2, 0) is 29.3 Å². The average Bonchev–Trinajstić information content (AvgIpc) is 2.78. The number of allylic oxidation sites excluding steroid dienone is 1. The molecule has 0 N–H and O–H groups in total. The third-order valence-electron chi connectivity index (χ3n) is 3.81. The van der Waals surface area contributed by atoms with Gasteiger partial charge in [0.05, 0.1) is 26.2 Å². The second-order valence-corrected chi connectivity index (χ2v) is 6.01. The van der Waals surface area contributed by atoms with Gasteiger partial charge in [0.1, 0.15) is 19.5 Å². The van der Waals surface area contributed by atoms with Crippen molar-refractivity contribution in [3.05, 3.63) is 47.5 Å². The molecule has 1 rings (SSSR count). The summed E-state index contributed by atoms with van der Waals surface area (Å²) in [6.07, 6.45) is 1.86. The van der Waals surface area contributed by atoms with Gasteiger partial charge in [-0.15, -0.1) is 0 Å². The van der Waals surface area contributed by atoms with E-state index in [1.165, 1.54) is 0 Å². The summed E-state index contributed by atoms with van der Waals surface area (Å²) in [5.41, 5.74) is 0.232. The molecule has 0 aliphatic rings. The molecule has 0 amide bonds. The molecule has 6 nitrogen and oxygen atoms in total. The molecule has 0 saturated heterocycles. The van der Waals surface area contributed by atoms with Crippen LogP contribution in [0.15, 0.2) is 42.0 Å². The Balaban J connectivity index is 3.03. The highest BCUT2D eigenvalue weighted by Crippen LogP contribution is 2.28. The van der Waals surface area contributed by atoms with Gasteiger partial charge in [0.2, 0.25) is 0 Å². The van der Waals surface area contributed by atoms with Crippen LogP contribution >= 0.6 is 0 Å². The first-order chi connectivity index (χ1) is 14.7. The standard InChI is InChI=1S/C24H29NO5/c1-4-28-17-18-30-24(20-25,23-13-6-5-7-14-23)15-10-12-22(19-29-21-27-3)11-8-9-16-26-2/h5-7,11,13-14H,4,15-19,21H2,1-3H3/b22-11-. The Labute approximate surface area is 179 Å². The number of hydrogen-bond donors (Lipinski definition) is 0. The Morgan fingerprint density at radius 2 is 1.87 bits per heavy atom. The molecule has 0 bridgehead atoms. The molecule has 1 aromatic rings. The summed E-state index contributed by atoms with van der Waals surface area (Å²) in [6.45, 7) is 3.93. The van der Waals surface area contributed by atoms with Gasteiger partial charge in [0.15, 0.2) is 5.60 Å². The highest BCUT2D eigenvalue weighted by molar-refractivity contribution is 5.38. The maximum atomic E-state index is 9.95. The normalized spacial score (nSPS) is 12.7. The second-order valence-electron chi connectivity index (χ2n) is 6.01. The molecule has 6 heteroatoms. The van der Waals surface area contributed by atoms with Crippen molar-refractivity contribution in [3.63, 3.8) is 0 Å². The predicted octanol–water partition coefficient (Wildman–Crippen LogP) is 3.05. The van der Waals surface area contributed by atoms with E-state index in [1.807, 2.05) is 37.3 Å². The summed E-state index contributed by atoms with van der Waals surface area (Å²) < 4.78 is 26.5. The Kier molecular flexibility index (Phi) is 13.7. The van der Waals surface area contributed by atoms with Crippen LogP contribution in [0.1, 0.15) is 18.9 Å². The van der Waals surface area contributed by atoms with Crippen molar-refractivity contribution in [2.75, 3.05) is 54.0 Å². The quantitative estimate of drug-likeness (QED) is 0.299. The molecule has 0 aliphatic carbocycles. The SMILES string of the molecule is CCOCCOC(C#N)(CC#C/C(=C/C#CCOC)COCOC)c1ccccc1. The molecule has 160 valence electrons. The van der Waals surface area contributed by atoms with Gasteiger partial charge in [0, 0.05) is 32.5 Å². The van der Waals surface area contributed by atoms with Crippen LogP contribution in [0.25, 0.3) is 0 Å². The smallest absolute Gasteiger partial charge is 0.190 e. The Hall–Kier alpha value is -2.63. The molecule has 1 aromatic carbocycles. The van der Waals surface area contributed by atoms with Crippen molar-refractivity contribution in [2.45, 2.75) is 18.9 Å². The first-order valence-electron chi connectivity index (χ1n) is 9.62. The van der Waals surface area contributed by atoms with Crippen LogP contribution in [-0.4, -0.2) is 54.0 Å². The van der Waals surface area contributed by atoms with Gasteiger partial charge >= 0.3 is 0 Å². The summed E-state index contributed by atoms with van der Waals surface area (Å²) in [4.78, 5) is 0. The Bertz CT molecular complexity index is 792. The number of methoxy groups -OCH3 is 2. The van der Waals surface area contributed by atoms with Crippen molar-refractivity contribution in [3.8, 4) is 29.8 Å². The molecule has 1 atom stereocenters. The van der Waals surface area contributed by atoms with Crippen LogP contribution < -0.4 is 0 Å². The minimum Gasteiger partial charge on any atom is -0.379 e. The first kappa shape index (κ1) is 25.4. The van der Waals surface area contributed by atoms with Crippen molar-refractivity contribution < 1.29 is 23.7 Å². The lowest BCUT2D eigenvalue weighted by molar-refractivity contribution is -0.0333. The molecule has 0 spiro atoms. The van der Waals surface area contributed by atoms with Crippen LogP contribution in [0.5, 0.6) is 0 Å². The highest BCUT2D eigenvalue weighted by atomic mass is 16.7. The second kappa shape index (κ2) is 16.2. The number of hydrogen-bond acceptors (Lipinski definition) is 6. The lowest BCUT2D eigenvalue weighted by atomic mass is 9.91. The first-order valence-corrected chi connectivity index (χ1v) is 9.62. The van der Waals surface area contributed by atoms with Gasteiger partial charge in [-0.25, -0.2) is 0 Å². The van der Waals surface area contributed by atoms with E-state index >= 15 is 0 Å². The van der Waals surface area contributed by atoms with Crippen molar-refractivity contribution in [2.24, 2.45) is 0 Å². The molecule has 0 fully saturated rings. The zero-order valence-corrected chi connectivity index (χ0v) is 17.9. The fourth-order valence-corrected chi connectivity index (χ4v) is 2.38. The van der Waals surface area contributed by atoms with Crippen molar-refractivity contribution >= 4 is 0 Å². The third kappa shape index (κ3) is 9.72. The Morgan fingerprint density at radius 3 is 2.53 bits per heavy atom. The van der Waals surface area contributed by atoms with E-state index in [2.05, 4.69) is 29.8 Å². The van der Waals surface area contributed by atoms with Gasteiger partial charge in [-0.2, -0.15) is 5.26 Å². The molecular weight excluding hydrogens is 382 g/mol. The molecule has 0 saturated carbocycles. The van der Waals surface area contributed by atoms with E-state index in [-0.39, 0.29) is 19.8 Å². The summed E-state index contributed by atoms with van der Waals surface area (Å²) >= 11 is 0. The fraction of sp³-hybridized carbons (Fsp3) is 0.458. The van der Waals surface area contributed by atoms with Crippen LogP contribution in [0.2, 0.25) is 0 Å². The van der Waals surface area contributed by atoms with Crippen LogP contribution in [0.4, 0.5) is 0 Å².